The van der Waals surface area contributed by atoms with Gasteiger partial charge in [0.2, 0.25) is 0 Å². The molecule has 0 aromatic heterocycles. The van der Waals surface area contributed by atoms with Gasteiger partial charge in [0.1, 0.15) is 22.3 Å². The monoisotopic (exact) mass is 314 g/mol. The molecule has 2 aromatic carbocycles. The van der Waals surface area contributed by atoms with Crippen molar-refractivity contribution >= 4 is 21.4 Å². The Bertz CT molecular complexity index is 779. The number of nitrogens with two attached hydrogens (primary N) is 1. The van der Waals surface area contributed by atoms with Crippen LogP contribution in [0, 0.1) is 11.6 Å². The third-order valence-corrected chi connectivity index (χ3v) is 4.06. The number of rotatable bonds is 4. The number of benzene rings is 2. The number of anilines is 2. The summed E-state index contributed by atoms with van der Waals surface area (Å²) in [5.74, 6) is -1.81. The zero-order chi connectivity index (χ0) is 15.6. The summed E-state index contributed by atoms with van der Waals surface area (Å²) in [6, 6.07) is 6.46. The van der Waals surface area contributed by atoms with Crippen molar-refractivity contribution < 1.29 is 21.9 Å². The lowest BCUT2D eigenvalue weighted by Gasteiger charge is -2.12. The molecule has 0 saturated heterocycles. The second-order valence-electron chi connectivity index (χ2n) is 4.14. The van der Waals surface area contributed by atoms with Gasteiger partial charge in [0, 0.05) is 17.8 Å². The van der Waals surface area contributed by atoms with Crippen molar-refractivity contribution in [2.24, 2.45) is 0 Å². The molecule has 0 aliphatic carbocycles. The lowest BCUT2D eigenvalue weighted by Crippen LogP contribution is -2.15. The van der Waals surface area contributed by atoms with Crippen LogP contribution in [0.3, 0.4) is 0 Å². The molecule has 0 fully saturated rings. The predicted octanol–water partition coefficient (Wildman–Crippen LogP) is 2.36. The van der Waals surface area contributed by atoms with E-state index in [4.69, 9.17) is 10.5 Å². The van der Waals surface area contributed by atoms with Crippen LogP contribution < -0.4 is 15.2 Å². The molecule has 0 aliphatic rings. The summed E-state index contributed by atoms with van der Waals surface area (Å²) in [6.07, 6.45) is 0. The Balaban J connectivity index is 2.43. The highest BCUT2D eigenvalue weighted by molar-refractivity contribution is 7.92. The number of methoxy groups -OCH3 is 1. The van der Waals surface area contributed by atoms with Gasteiger partial charge in [-0.05, 0) is 24.3 Å². The van der Waals surface area contributed by atoms with Crippen LogP contribution in [0.4, 0.5) is 20.2 Å². The number of nitrogens with one attached hydrogen (secondary N) is 1. The van der Waals surface area contributed by atoms with Crippen molar-refractivity contribution in [1.82, 2.24) is 0 Å². The fraction of sp³-hybridized carbons (Fsp3) is 0.0769. The molecule has 0 aliphatic heterocycles. The van der Waals surface area contributed by atoms with E-state index in [2.05, 4.69) is 0 Å². The molecule has 2 rings (SSSR count). The van der Waals surface area contributed by atoms with Crippen LogP contribution in [0.25, 0.3) is 0 Å². The van der Waals surface area contributed by atoms with Gasteiger partial charge in [-0.2, -0.15) is 0 Å². The molecule has 2 aromatic rings. The normalized spacial score (nSPS) is 11.2. The summed E-state index contributed by atoms with van der Waals surface area (Å²) in [4.78, 5) is -0.206. The summed E-state index contributed by atoms with van der Waals surface area (Å²) >= 11 is 0. The van der Waals surface area contributed by atoms with E-state index in [9.17, 15) is 17.2 Å². The smallest absolute Gasteiger partial charge is 0.265 e. The Morgan fingerprint density at radius 3 is 2.48 bits per heavy atom. The third kappa shape index (κ3) is 3.22. The average molecular weight is 314 g/mol. The minimum Gasteiger partial charge on any atom is -0.495 e. The highest BCUT2D eigenvalue weighted by atomic mass is 32.2. The van der Waals surface area contributed by atoms with Gasteiger partial charge in [-0.3, -0.25) is 4.72 Å². The summed E-state index contributed by atoms with van der Waals surface area (Å²) in [6.45, 7) is 0. The van der Waals surface area contributed by atoms with Gasteiger partial charge in [-0.1, -0.05) is 0 Å². The summed E-state index contributed by atoms with van der Waals surface area (Å²) in [5.41, 5.74) is 5.50. The number of hydrogen-bond donors (Lipinski definition) is 2. The fourth-order valence-electron chi connectivity index (χ4n) is 1.68. The van der Waals surface area contributed by atoms with Crippen LogP contribution in [0.5, 0.6) is 5.75 Å². The maximum Gasteiger partial charge on any atom is 0.265 e. The standard InChI is InChI=1S/C13H12F2N2O3S/c1-20-12-7-9(16)3-5-13(12)21(18,19)17-11-4-2-8(14)6-10(11)15/h2-7,17H,16H2,1H3. The highest BCUT2D eigenvalue weighted by Gasteiger charge is 2.21. The zero-order valence-electron chi connectivity index (χ0n) is 10.9. The number of ether oxygens (including phenoxy) is 1. The van der Waals surface area contributed by atoms with Crippen molar-refractivity contribution in [2.45, 2.75) is 4.90 Å². The second kappa shape index (κ2) is 5.57. The van der Waals surface area contributed by atoms with Gasteiger partial charge in [0.25, 0.3) is 10.0 Å². The Morgan fingerprint density at radius 1 is 1.14 bits per heavy atom. The Labute approximate surface area is 120 Å². The van der Waals surface area contributed by atoms with Crippen molar-refractivity contribution in [1.29, 1.82) is 0 Å². The molecule has 0 bridgehead atoms. The van der Waals surface area contributed by atoms with Gasteiger partial charge >= 0.3 is 0 Å². The summed E-state index contributed by atoms with van der Waals surface area (Å²) < 4.78 is 57.8. The first kappa shape index (κ1) is 15.0. The van der Waals surface area contributed by atoms with Crippen LogP contribution >= 0.6 is 0 Å². The van der Waals surface area contributed by atoms with Gasteiger partial charge in [0.15, 0.2) is 0 Å². The number of sulfonamides is 1. The first-order valence-electron chi connectivity index (χ1n) is 5.75. The molecule has 3 N–H and O–H groups in total. The minimum atomic E-state index is -4.10. The Kier molecular flexibility index (Phi) is 3.99. The van der Waals surface area contributed by atoms with Gasteiger partial charge < -0.3 is 10.5 Å². The molecule has 0 saturated carbocycles. The molecule has 0 unspecified atom stereocenters. The van der Waals surface area contributed by atoms with E-state index in [1.807, 2.05) is 4.72 Å². The lowest BCUT2D eigenvalue weighted by molar-refractivity contribution is 0.403. The van der Waals surface area contributed by atoms with Gasteiger partial charge in [-0.25, -0.2) is 17.2 Å². The number of halogens is 2. The van der Waals surface area contributed by atoms with E-state index >= 15 is 0 Å². The molecule has 0 atom stereocenters. The Hall–Kier alpha value is -2.35. The highest BCUT2D eigenvalue weighted by Crippen LogP contribution is 2.28. The first-order valence-corrected chi connectivity index (χ1v) is 7.23. The van der Waals surface area contributed by atoms with E-state index in [0.717, 1.165) is 12.1 Å². The van der Waals surface area contributed by atoms with Crippen molar-refractivity contribution in [3.8, 4) is 5.75 Å². The maximum atomic E-state index is 13.5. The topological polar surface area (TPSA) is 81.4 Å². The minimum absolute atomic E-state index is 0.0185. The molecule has 8 heteroatoms. The lowest BCUT2D eigenvalue weighted by atomic mass is 10.3. The Morgan fingerprint density at radius 2 is 1.86 bits per heavy atom. The molecule has 5 nitrogen and oxygen atoms in total. The fourth-order valence-corrected chi connectivity index (χ4v) is 2.90. The average Bonchev–Trinajstić information content (AvgIpc) is 2.41. The first-order chi connectivity index (χ1) is 9.83. The van der Waals surface area contributed by atoms with E-state index in [-0.39, 0.29) is 16.3 Å². The molecular weight excluding hydrogens is 302 g/mol. The molecule has 0 radical (unpaired) electrons. The summed E-state index contributed by atoms with van der Waals surface area (Å²) in [5, 5.41) is 0. The van der Waals surface area contributed by atoms with E-state index in [1.54, 1.807) is 0 Å². The van der Waals surface area contributed by atoms with Crippen molar-refractivity contribution in [3.05, 3.63) is 48.0 Å². The van der Waals surface area contributed by atoms with Gasteiger partial charge in [0.05, 0.1) is 12.8 Å². The molecule has 112 valence electrons. The molecule has 21 heavy (non-hydrogen) atoms. The van der Waals surface area contributed by atoms with Crippen LogP contribution in [0.15, 0.2) is 41.3 Å². The molecule has 0 heterocycles. The van der Waals surface area contributed by atoms with E-state index < -0.39 is 21.7 Å². The second-order valence-corrected chi connectivity index (χ2v) is 5.79. The van der Waals surface area contributed by atoms with Crippen LogP contribution in [-0.2, 0) is 10.0 Å². The molecule has 0 spiro atoms. The largest absolute Gasteiger partial charge is 0.495 e. The van der Waals surface area contributed by atoms with Crippen molar-refractivity contribution in [2.75, 3.05) is 17.6 Å². The molecular formula is C13H12F2N2O3S. The number of hydrogen-bond acceptors (Lipinski definition) is 4. The van der Waals surface area contributed by atoms with Gasteiger partial charge in [-0.15, -0.1) is 0 Å². The summed E-state index contributed by atoms with van der Waals surface area (Å²) in [7, 11) is -2.82. The predicted molar refractivity (Wildman–Crippen MR) is 74.6 cm³/mol. The number of nitrogen functional groups attached to an aromatic ring is 1. The van der Waals surface area contributed by atoms with E-state index in [1.165, 1.54) is 25.3 Å². The van der Waals surface area contributed by atoms with Crippen LogP contribution in [0.1, 0.15) is 0 Å². The van der Waals surface area contributed by atoms with Crippen molar-refractivity contribution in [3.63, 3.8) is 0 Å². The third-order valence-electron chi connectivity index (χ3n) is 2.65. The molecule has 0 amide bonds. The quantitative estimate of drug-likeness (QED) is 0.849. The van der Waals surface area contributed by atoms with Crippen LogP contribution in [0.2, 0.25) is 0 Å². The SMILES string of the molecule is COc1cc(N)ccc1S(=O)(=O)Nc1ccc(F)cc1F. The van der Waals surface area contributed by atoms with E-state index in [0.29, 0.717) is 11.8 Å². The van der Waals surface area contributed by atoms with Crippen LogP contribution in [-0.4, -0.2) is 15.5 Å². The zero-order valence-corrected chi connectivity index (χ0v) is 11.7. The maximum absolute atomic E-state index is 13.5.